The van der Waals surface area contributed by atoms with Crippen molar-refractivity contribution in [2.24, 2.45) is 5.92 Å². The van der Waals surface area contributed by atoms with Gasteiger partial charge in [0.2, 0.25) is 0 Å². The lowest BCUT2D eigenvalue weighted by molar-refractivity contribution is 0.214. The molecule has 0 fully saturated rings. The summed E-state index contributed by atoms with van der Waals surface area (Å²) in [4.78, 5) is 0. The molecule has 0 spiro atoms. The minimum absolute atomic E-state index is 0.307. The Kier molecular flexibility index (Phi) is 3.39. The zero-order valence-electron chi connectivity index (χ0n) is 12.3. The van der Waals surface area contributed by atoms with E-state index in [1.54, 1.807) is 0 Å². The van der Waals surface area contributed by atoms with Crippen LogP contribution >= 0.6 is 0 Å². The molecular weight excluding hydrogens is 246 g/mol. The predicted octanol–water partition coefficient (Wildman–Crippen LogP) is 4.49. The highest BCUT2D eigenvalue weighted by atomic mass is 16.5. The molecule has 1 aliphatic rings. The molecule has 0 saturated carbocycles. The quantitative estimate of drug-likeness (QED) is 0.866. The number of nitrogens with one attached hydrogen (secondary N) is 1. The molecule has 1 aliphatic heterocycles. The molecule has 2 unspecified atom stereocenters. The first-order valence-electron chi connectivity index (χ1n) is 7.20. The molecule has 2 aromatic rings. The molecule has 0 aromatic heterocycles. The van der Waals surface area contributed by atoms with Crippen molar-refractivity contribution in [3.8, 4) is 5.75 Å². The molecular formula is C18H21NO. The highest BCUT2D eigenvalue weighted by Crippen LogP contribution is 2.37. The number of para-hydroxylation sites is 1. The number of hydrogen-bond acceptors (Lipinski definition) is 2. The van der Waals surface area contributed by atoms with Crippen LogP contribution in [0.2, 0.25) is 0 Å². The molecule has 1 heterocycles. The fraction of sp³-hybridized carbons (Fsp3) is 0.333. The summed E-state index contributed by atoms with van der Waals surface area (Å²) in [6.07, 6.45) is 0. The lowest BCUT2D eigenvalue weighted by Gasteiger charge is -2.33. The van der Waals surface area contributed by atoms with E-state index in [2.05, 4.69) is 62.5 Å². The third kappa shape index (κ3) is 2.51. The van der Waals surface area contributed by atoms with Gasteiger partial charge in [-0.2, -0.15) is 0 Å². The van der Waals surface area contributed by atoms with E-state index in [0.717, 1.165) is 12.4 Å². The summed E-state index contributed by atoms with van der Waals surface area (Å²) in [7, 11) is 0. The Bertz CT molecular complexity index is 600. The van der Waals surface area contributed by atoms with Gasteiger partial charge in [-0.05, 0) is 43.2 Å². The van der Waals surface area contributed by atoms with E-state index in [1.807, 2.05) is 6.07 Å². The Morgan fingerprint density at radius 1 is 1.05 bits per heavy atom. The van der Waals surface area contributed by atoms with E-state index < -0.39 is 0 Å². The molecule has 0 aliphatic carbocycles. The van der Waals surface area contributed by atoms with Crippen molar-refractivity contribution in [1.29, 1.82) is 0 Å². The lowest BCUT2D eigenvalue weighted by atomic mass is 9.91. The van der Waals surface area contributed by atoms with Crippen LogP contribution in [-0.2, 0) is 0 Å². The summed E-state index contributed by atoms with van der Waals surface area (Å²) in [5, 5.41) is 3.69. The maximum Gasteiger partial charge on any atom is 0.124 e. The van der Waals surface area contributed by atoms with Gasteiger partial charge >= 0.3 is 0 Å². The minimum Gasteiger partial charge on any atom is -0.493 e. The fourth-order valence-corrected chi connectivity index (χ4v) is 2.95. The Labute approximate surface area is 120 Å². The molecule has 3 rings (SSSR count). The SMILES string of the molecule is Cc1cc(C)cc(NC2c3ccccc3OCC2C)c1. The van der Waals surface area contributed by atoms with E-state index in [0.29, 0.717) is 12.0 Å². The number of fused-ring (bicyclic) bond motifs is 1. The van der Waals surface area contributed by atoms with Crippen molar-refractivity contribution < 1.29 is 4.74 Å². The van der Waals surface area contributed by atoms with Crippen molar-refractivity contribution in [2.45, 2.75) is 26.8 Å². The van der Waals surface area contributed by atoms with E-state index in [-0.39, 0.29) is 0 Å². The third-order valence-corrected chi connectivity index (χ3v) is 3.87. The molecule has 0 amide bonds. The van der Waals surface area contributed by atoms with Gasteiger partial charge in [-0.1, -0.05) is 31.2 Å². The van der Waals surface area contributed by atoms with Crippen LogP contribution in [0.15, 0.2) is 42.5 Å². The van der Waals surface area contributed by atoms with E-state index in [1.165, 1.54) is 22.4 Å². The molecule has 1 N–H and O–H groups in total. The average Bonchev–Trinajstić information content (AvgIpc) is 2.41. The summed E-state index contributed by atoms with van der Waals surface area (Å²) >= 11 is 0. The zero-order valence-corrected chi connectivity index (χ0v) is 12.3. The highest BCUT2D eigenvalue weighted by molar-refractivity contribution is 5.52. The number of anilines is 1. The summed E-state index contributed by atoms with van der Waals surface area (Å²) in [5.74, 6) is 1.46. The van der Waals surface area contributed by atoms with E-state index >= 15 is 0 Å². The maximum atomic E-state index is 5.81. The maximum absolute atomic E-state index is 5.81. The topological polar surface area (TPSA) is 21.3 Å². The van der Waals surface area contributed by atoms with Crippen LogP contribution in [-0.4, -0.2) is 6.61 Å². The van der Waals surface area contributed by atoms with Gasteiger partial charge in [0.1, 0.15) is 5.75 Å². The summed E-state index contributed by atoms with van der Waals surface area (Å²) in [6.45, 7) is 7.27. The molecule has 2 heteroatoms. The Morgan fingerprint density at radius 2 is 1.75 bits per heavy atom. The first-order chi connectivity index (χ1) is 9.63. The van der Waals surface area contributed by atoms with Crippen LogP contribution in [0.3, 0.4) is 0 Å². The van der Waals surface area contributed by atoms with Gasteiger partial charge in [0.25, 0.3) is 0 Å². The summed E-state index contributed by atoms with van der Waals surface area (Å²) in [5.41, 5.74) is 5.03. The molecule has 0 radical (unpaired) electrons. The Morgan fingerprint density at radius 3 is 2.50 bits per heavy atom. The van der Waals surface area contributed by atoms with Crippen molar-refractivity contribution in [3.63, 3.8) is 0 Å². The molecule has 0 bridgehead atoms. The number of aryl methyl sites for hydroxylation is 2. The first kappa shape index (κ1) is 13.0. The molecule has 104 valence electrons. The van der Waals surface area contributed by atoms with Crippen LogP contribution in [0.4, 0.5) is 5.69 Å². The predicted molar refractivity (Wildman–Crippen MR) is 83.4 cm³/mol. The zero-order chi connectivity index (χ0) is 14.1. The molecule has 2 nitrogen and oxygen atoms in total. The van der Waals surface area contributed by atoms with E-state index in [4.69, 9.17) is 4.74 Å². The number of rotatable bonds is 2. The van der Waals surface area contributed by atoms with Gasteiger partial charge in [-0.3, -0.25) is 0 Å². The Balaban J connectivity index is 1.93. The number of benzene rings is 2. The van der Waals surface area contributed by atoms with Crippen molar-refractivity contribution >= 4 is 5.69 Å². The summed E-state index contributed by atoms with van der Waals surface area (Å²) < 4.78 is 5.81. The average molecular weight is 267 g/mol. The minimum atomic E-state index is 0.307. The van der Waals surface area contributed by atoms with Gasteiger partial charge in [0.15, 0.2) is 0 Å². The monoisotopic (exact) mass is 267 g/mol. The highest BCUT2D eigenvalue weighted by Gasteiger charge is 2.27. The van der Waals surface area contributed by atoms with Crippen molar-refractivity contribution in [1.82, 2.24) is 0 Å². The van der Waals surface area contributed by atoms with Crippen LogP contribution in [0, 0.1) is 19.8 Å². The first-order valence-corrected chi connectivity index (χ1v) is 7.20. The number of ether oxygens (including phenoxy) is 1. The molecule has 20 heavy (non-hydrogen) atoms. The second-order valence-electron chi connectivity index (χ2n) is 5.82. The third-order valence-electron chi connectivity index (χ3n) is 3.87. The van der Waals surface area contributed by atoms with Gasteiger partial charge in [-0.25, -0.2) is 0 Å². The fourth-order valence-electron chi connectivity index (χ4n) is 2.95. The van der Waals surface area contributed by atoms with Crippen LogP contribution in [0.5, 0.6) is 5.75 Å². The van der Waals surface area contributed by atoms with E-state index in [9.17, 15) is 0 Å². The standard InChI is InChI=1S/C18H21NO/c1-12-8-13(2)10-15(9-12)19-18-14(3)11-20-17-7-5-4-6-16(17)18/h4-10,14,18-19H,11H2,1-3H3. The molecule has 2 aromatic carbocycles. The second-order valence-corrected chi connectivity index (χ2v) is 5.82. The second kappa shape index (κ2) is 5.20. The normalized spacial score (nSPS) is 20.9. The van der Waals surface area contributed by atoms with Gasteiger partial charge in [0.05, 0.1) is 12.6 Å². The largest absolute Gasteiger partial charge is 0.493 e. The van der Waals surface area contributed by atoms with Gasteiger partial charge < -0.3 is 10.1 Å². The lowest BCUT2D eigenvalue weighted by Crippen LogP contribution is -2.28. The van der Waals surface area contributed by atoms with Crippen LogP contribution < -0.4 is 10.1 Å². The smallest absolute Gasteiger partial charge is 0.124 e. The molecule has 0 saturated heterocycles. The number of hydrogen-bond donors (Lipinski definition) is 1. The van der Waals surface area contributed by atoms with Crippen LogP contribution in [0.1, 0.15) is 29.7 Å². The van der Waals surface area contributed by atoms with Crippen molar-refractivity contribution in [3.05, 3.63) is 59.2 Å². The van der Waals surface area contributed by atoms with Gasteiger partial charge in [-0.15, -0.1) is 0 Å². The van der Waals surface area contributed by atoms with Crippen LogP contribution in [0.25, 0.3) is 0 Å². The van der Waals surface area contributed by atoms with Gasteiger partial charge in [0, 0.05) is 17.2 Å². The molecule has 2 atom stereocenters. The van der Waals surface area contributed by atoms with Crippen molar-refractivity contribution in [2.75, 3.05) is 11.9 Å². The summed E-state index contributed by atoms with van der Waals surface area (Å²) in [6, 6.07) is 15.2. The Hall–Kier alpha value is -1.96.